The number of likely N-dealkylation sites (tertiary alicyclic amines) is 1. The number of benzene rings is 1. The molecule has 4 N–H and O–H groups in total. The highest BCUT2D eigenvalue weighted by Gasteiger charge is 2.31. The number of hydrogen-bond donors (Lipinski definition) is 3. The van der Waals surface area contributed by atoms with Crippen LogP contribution in [-0.4, -0.2) is 66.3 Å². The molecule has 0 spiro atoms. The summed E-state index contributed by atoms with van der Waals surface area (Å²) in [6.45, 7) is 3.09. The number of amides is 1. The van der Waals surface area contributed by atoms with Crippen LogP contribution in [-0.2, 0) is 4.74 Å². The van der Waals surface area contributed by atoms with Crippen molar-refractivity contribution in [1.29, 1.82) is 0 Å². The van der Waals surface area contributed by atoms with Crippen LogP contribution >= 0.6 is 0 Å². The van der Waals surface area contributed by atoms with Crippen LogP contribution < -0.4 is 21.1 Å². The first-order valence-corrected chi connectivity index (χ1v) is 11.0. The zero-order valence-electron chi connectivity index (χ0n) is 18.8. The number of ether oxygens (including phenoxy) is 2. The monoisotopic (exact) mass is 488 g/mol. The predicted molar refractivity (Wildman–Crippen MR) is 124 cm³/mol. The Hall–Kier alpha value is -3.80. The molecule has 0 bridgehead atoms. The number of nitrogens with one attached hydrogen (secondary N) is 2. The molecule has 0 atom stereocenters. The zero-order chi connectivity index (χ0) is 24.7. The minimum absolute atomic E-state index is 0.0750. The van der Waals surface area contributed by atoms with E-state index in [9.17, 15) is 13.6 Å². The summed E-state index contributed by atoms with van der Waals surface area (Å²) in [6.07, 6.45) is -0.747. The first-order chi connectivity index (χ1) is 16.8. The molecule has 1 amide bonds. The summed E-state index contributed by atoms with van der Waals surface area (Å²) in [6, 6.07) is 3.18. The van der Waals surface area contributed by atoms with Crippen LogP contribution in [0.4, 0.5) is 35.2 Å². The zero-order valence-corrected chi connectivity index (χ0v) is 18.8. The van der Waals surface area contributed by atoms with Gasteiger partial charge in [0.25, 0.3) is 6.43 Å². The third-order valence-corrected chi connectivity index (χ3v) is 6.06. The van der Waals surface area contributed by atoms with Gasteiger partial charge in [-0.25, -0.2) is 27.9 Å². The molecule has 5 rings (SSSR count). The van der Waals surface area contributed by atoms with Crippen LogP contribution in [0.25, 0.3) is 21.9 Å². The van der Waals surface area contributed by atoms with Crippen molar-refractivity contribution in [3.63, 3.8) is 0 Å². The molecule has 35 heavy (non-hydrogen) atoms. The van der Waals surface area contributed by atoms with Crippen LogP contribution in [0.15, 0.2) is 24.5 Å². The van der Waals surface area contributed by atoms with E-state index in [2.05, 4.69) is 20.6 Å². The van der Waals surface area contributed by atoms with Gasteiger partial charge in [-0.3, -0.25) is 10.2 Å². The van der Waals surface area contributed by atoms with Crippen molar-refractivity contribution in [2.24, 2.45) is 0 Å². The normalized spacial score (nSPS) is 15.8. The molecular formula is C23H23F3N6O3. The van der Waals surface area contributed by atoms with Crippen molar-refractivity contribution < 1.29 is 27.4 Å². The molecule has 2 aliphatic rings. The van der Waals surface area contributed by atoms with Crippen LogP contribution in [0.1, 0.15) is 5.56 Å². The van der Waals surface area contributed by atoms with Gasteiger partial charge in [-0.15, -0.1) is 0 Å². The Kier molecular flexibility index (Phi) is 5.97. The van der Waals surface area contributed by atoms with Gasteiger partial charge >= 0.3 is 6.09 Å². The molecule has 9 nitrogen and oxygen atoms in total. The Morgan fingerprint density at radius 3 is 2.89 bits per heavy atom. The molecule has 3 aromatic rings. The number of pyridine rings is 2. The van der Waals surface area contributed by atoms with E-state index in [0.29, 0.717) is 41.1 Å². The summed E-state index contributed by atoms with van der Waals surface area (Å²) in [5, 5.41) is 6.69. The summed E-state index contributed by atoms with van der Waals surface area (Å²) in [7, 11) is 0. The molecule has 2 aromatic heterocycles. The van der Waals surface area contributed by atoms with Crippen molar-refractivity contribution in [1.82, 2.24) is 14.9 Å². The number of hydrogen-bond acceptors (Lipinski definition) is 8. The molecule has 0 radical (unpaired) electrons. The van der Waals surface area contributed by atoms with E-state index < -0.39 is 24.4 Å². The fourth-order valence-corrected chi connectivity index (χ4v) is 4.28. The molecule has 2 aliphatic heterocycles. The Balaban J connectivity index is 1.38. The van der Waals surface area contributed by atoms with Gasteiger partial charge in [0.2, 0.25) is 5.88 Å². The third kappa shape index (κ3) is 4.48. The van der Waals surface area contributed by atoms with Crippen molar-refractivity contribution in [2.75, 3.05) is 49.2 Å². The SMILES string of the molecule is Cc1c(-c2cc3cc(NC(=O)OC4CN(CC(F)F)C4)ncc3c(N)c2F)cnc2c1NCCO2. The molecule has 0 saturated carbocycles. The van der Waals surface area contributed by atoms with Crippen LogP contribution in [0.2, 0.25) is 0 Å². The van der Waals surface area contributed by atoms with Gasteiger partial charge in [-0.1, -0.05) is 0 Å². The number of nitrogen functional groups attached to an aromatic ring is 1. The van der Waals surface area contributed by atoms with Crippen molar-refractivity contribution >= 4 is 34.1 Å². The van der Waals surface area contributed by atoms with Crippen LogP contribution in [0, 0.1) is 12.7 Å². The molecule has 12 heteroatoms. The highest BCUT2D eigenvalue weighted by molar-refractivity contribution is 5.99. The van der Waals surface area contributed by atoms with E-state index in [0.717, 1.165) is 5.56 Å². The lowest BCUT2D eigenvalue weighted by Gasteiger charge is -2.37. The van der Waals surface area contributed by atoms with Gasteiger partial charge in [0, 0.05) is 48.5 Å². The Labute approximate surface area is 198 Å². The highest BCUT2D eigenvalue weighted by atomic mass is 19.3. The van der Waals surface area contributed by atoms with Crippen molar-refractivity contribution in [2.45, 2.75) is 19.5 Å². The summed E-state index contributed by atoms with van der Waals surface area (Å²) < 4.78 is 50.8. The number of carbonyl (C=O) groups excluding carboxylic acids is 1. The largest absolute Gasteiger partial charge is 0.474 e. The molecular weight excluding hydrogens is 465 g/mol. The second kappa shape index (κ2) is 9.10. The summed E-state index contributed by atoms with van der Waals surface area (Å²) in [4.78, 5) is 22.1. The standard InChI is InChI=1S/C23H23F3N6O3/c1-11-15(6-30-22-21(11)28-2-3-34-22)14-4-12-5-18(29-7-16(12)20(27)19(14)26)31-23(33)35-13-8-32(9-13)10-17(24)25/h4-7,13,17,28H,2-3,8-10,27H2,1H3,(H,29,31,33). The third-order valence-electron chi connectivity index (χ3n) is 6.06. The molecule has 1 fully saturated rings. The van der Waals surface area contributed by atoms with E-state index in [1.165, 1.54) is 11.1 Å². The summed E-state index contributed by atoms with van der Waals surface area (Å²) in [5.41, 5.74) is 8.29. The van der Waals surface area contributed by atoms with Gasteiger partial charge in [0.1, 0.15) is 24.2 Å². The highest BCUT2D eigenvalue weighted by Crippen LogP contribution is 2.39. The maximum atomic E-state index is 15.3. The first kappa shape index (κ1) is 23.0. The van der Waals surface area contributed by atoms with Crippen LogP contribution in [0.3, 0.4) is 0 Å². The predicted octanol–water partition coefficient (Wildman–Crippen LogP) is 3.63. The Bertz CT molecular complexity index is 1300. The lowest BCUT2D eigenvalue weighted by Crippen LogP contribution is -2.54. The molecule has 1 saturated heterocycles. The molecule has 1 aromatic carbocycles. The molecule has 184 valence electrons. The topological polar surface area (TPSA) is 115 Å². The number of alkyl halides is 2. The van der Waals surface area contributed by atoms with Gasteiger partial charge in [-0.05, 0) is 30.0 Å². The van der Waals surface area contributed by atoms with Gasteiger partial charge in [0.05, 0.1) is 12.2 Å². The fourth-order valence-electron chi connectivity index (χ4n) is 4.28. The second-order valence-corrected chi connectivity index (χ2v) is 8.46. The van der Waals surface area contributed by atoms with E-state index in [4.69, 9.17) is 15.2 Å². The molecule has 0 aliphatic carbocycles. The Morgan fingerprint density at radius 1 is 1.31 bits per heavy atom. The molecule has 4 heterocycles. The van der Waals surface area contributed by atoms with E-state index in [-0.39, 0.29) is 36.7 Å². The minimum atomic E-state index is -2.43. The number of anilines is 3. The van der Waals surface area contributed by atoms with Gasteiger partial charge in [-0.2, -0.15) is 0 Å². The quantitative estimate of drug-likeness (QED) is 0.467. The number of nitrogens with two attached hydrogens (primary N) is 1. The number of carbonyl (C=O) groups is 1. The average molecular weight is 488 g/mol. The first-order valence-electron chi connectivity index (χ1n) is 11.0. The van der Waals surface area contributed by atoms with E-state index >= 15 is 4.39 Å². The fraction of sp³-hybridized carbons (Fsp3) is 0.348. The lowest BCUT2D eigenvalue weighted by atomic mass is 9.97. The number of halogens is 3. The van der Waals surface area contributed by atoms with Crippen molar-refractivity contribution in [3.05, 3.63) is 35.9 Å². The van der Waals surface area contributed by atoms with Crippen LogP contribution in [0.5, 0.6) is 5.88 Å². The second-order valence-electron chi connectivity index (χ2n) is 8.46. The molecule has 0 unspecified atom stereocenters. The lowest BCUT2D eigenvalue weighted by molar-refractivity contribution is -0.0340. The number of rotatable bonds is 5. The summed E-state index contributed by atoms with van der Waals surface area (Å²) >= 11 is 0. The summed E-state index contributed by atoms with van der Waals surface area (Å²) in [5.74, 6) is 0.0440. The maximum Gasteiger partial charge on any atom is 0.413 e. The smallest absolute Gasteiger partial charge is 0.413 e. The van der Waals surface area contributed by atoms with E-state index in [1.54, 1.807) is 18.3 Å². The number of nitrogens with zero attached hydrogens (tertiary/aromatic N) is 3. The van der Waals surface area contributed by atoms with Gasteiger partial charge < -0.3 is 20.5 Å². The maximum absolute atomic E-state index is 15.3. The van der Waals surface area contributed by atoms with Crippen molar-refractivity contribution in [3.8, 4) is 17.0 Å². The Morgan fingerprint density at radius 2 is 2.11 bits per heavy atom. The number of fused-ring (bicyclic) bond motifs is 2. The van der Waals surface area contributed by atoms with E-state index in [1.807, 2.05) is 6.92 Å². The average Bonchev–Trinajstić information content (AvgIpc) is 2.80. The number of aromatic nitrogens is 2. The minimum Gasteiger partial charge on any atom is -0.474 e. The van der Waals surface area contributed by atoms with Gasteiger partial charge in [0.15, 0.2) is 5.82 Å².